The number of aryl methyl sites for hydroxylation is 1. The van der Waals surface area contributed by atoms with E-state index in [0.29, 0.717) is 0 Å². The molecule has 60 valence electrons. The third-order valence-corrected chi connectivity index (χ3v) is 2.84. The molecular formula is C7H9ClN2S. The molecule has 1 heterocycles. The molecule has 4 heteroatoms. The van der Waals surface area contributed by atoms with E-state index in [1.807, 2.05) is 19.4 Å². The maximum atomic E-state index is 7.23. The fourth-order valence-electron chi connectivity index (χ4n) is 0.916. The number of thiophene rings is 1. The van der Waals surface area contributed by atoms with Crippen molar-refractivity contribution in [3.05, 3.63) is 15.8 Å². The van der Waals surface area contributed by atoms with Gasteiger partial charge in [0.15, 0.2) is 0 Å². The van der Waals surface area contributed by atoms with Crippen LogP contribution in [0.3, 0.4) is 0 Å². The third kappa shape index (κ3) is 1.54. The molecule has 0 bridgehead atoms. The average molecular weight is 189 g/mol. The van der Waals surface area contributed by atoms with Gasteiger partial charge in [-0.3, -0.25) is 5.41 Å². The van der Waals surface area contributed by atoms with E-state index in [4.69, 9.17) is 17.0 Å². The second kappa shape index (κ2) is 3.24. The van der Waals surface area contributed by atoms with Crippen molar-refractivity contribution in [3.63, 3.8) is 0 Å². The van der Waals surface area contributed by atoms with Crippen molar-refractivity contribution in [2.75, 3.05) is 12.4 Å². The van der Waals surface area contributed by atoms with Crippen LogP contribution >= 0.6 is 22.9 Å². The number of anilines is 1. The molecular weight excluding hydrogens is 180 g/mol. The number of nitrogens with one attached hydrogen (secondary N) is 2. The summed E-state index contributed by atoms with van der Waals surface area (Å²) in [5.74, 6) is 0. The smallest absolute Gasteiger partial charge is 0.140 e. The molecule has 2 nitrogen and oxygen atoms in total. The first-order valence-electron chi connectivity index (χ1n) is 3.17. The number of rotatable bonds is 2. The lowest BCUT2D eigenvalue weighted by molar-refractivity contribution is 1.45. The van der Waals surface area contributed by atoms with Crippen LogP contribution in [0.4, 0.5) is 5.69 Å². The second-order valence-corrected chi connectivity index (χ2v) is 3.44. The largest absolute Gasteiger partial charge is 0.387 e. The Morgan fingerprint density at radius 3 is 2.73 bits per heavy atom. The molecule has 0 unspecified atom stereocenters. The quantitative estimate of drug-likeness (QED) is 0.688. The summed E-state index contributed by atoms with van der Waals surface area (Å²) in [4.78, 5) is 0.812. The predicted molar refractivity (Wildman–Crippen MR) is 51.3 cm³/mol. The lowest BCUT2D eigenvalue weighted by Gasteiger charge is -2.00. The number of hydrogen-bond acceptors (Lipinski definition) is 3. The highest BCUT2D eigenvalue weighted by Crippen LogP contribution is 2.28. The topological polar surface area (TPSA) is 35.9 Å². The second-order valence-electron chi connectivity index (χ2n) is 2.19. The van der Waals surface area contributed by atoms with Crippen molar-refractivity contribution in [2.45, 2.75) is 6.92 Å². The van der Waals surface area contributed by atoms with Crippen LogP contribution in [0, 0.1) is 12.3 Å². The minimum Gasteiger partial charge on any atom is -0.387 e. The summed E-state index contributed by atoms with van der Waals surface area (Å²) in [6, 6.07) is 0. The Kier molecular flexibility index (Phi) is 2.52. The Labute approximate surface area is 74.7 Å². The Morgan fingerprint density at radius 1 is 1.73 bits per heavy atom. The Hall–Kier alpha value is -0.540. The van der Waals surface area contributed by atoms with Crippen LogP contribution in [0.2, 0.25) is 0 Å². The van der Waals surface area contributed by atoms with Gasteiger partial charge in [-0.2, -0.15) is 0 Å². The predicted octanol–water partition coefficient (Wildman–Crippen LogP) is 2.66. The normalized spacial score (nSPS) is 9.73. The molecule has 0 saturated carbocycles. The molecule has 0 amide bonds. The zero-order chi connectivity index (χ0) is 8.43. The highest BCUT2D eigenvalue weighted by Gasteiger charge is 2.09. The highest BCUT2D eigenvalue weighted by molar-refractivity contribution is 7.15. The standard InChI is InChI=1S/C7H9ClN2S/c1-4-3-11-6(7(8)9)5(4)10-2/h3,9-10H,1-2H3. The van der Waals surface area contributed by atoms with E-state index in [1.54, 1.807) is 0 Å². The van der Waals surface area contributed by atoms with E-state index in [-0.39, 0.29) is 5.17 Å². The van der Waals surface area contributed by atoms with Crippen molar-refractivity contribution in [3.8, 4) is 0 Å². The molecule has 0 aliphatic heterocycles. The SMILES string of the molecule is CNc1c(C)csc1C(=N)Cl. The molecule has 1 aromatic heterocycles. The van der Waals surface area contributed by atoms with E-state index < -0.39 is 0 Å². The minimum atomic E-state index is 0.104. The Morgan fingerprint density at radius 2 is 2.36 bits per heavy atom. The number of hydrogen-bond donors (Lipinski definition) is 2. The van der Waals surface area contributed by atoms with Crippen LogP contribution in [-0.4, -0.2) is 12.2 Å². The molecule has 2 N–H and O–H groups in total. The molecule has 0 aromatic carbocycles. The number of halogens is 1. The summed E-state index contributed by atoms with van der Waals surface area (Å²) in [7, 11) is 1.83. The zero-order valence-electron chi connectivity index (χ0n) is 6.36. The van der Waals surface area contributed by atoms with E-state index in [0.717, 1.165) is 16.1 Å². The van der Waals surface area contributed by atoms with Gasteiger partial charge in [0.05, 0.1) is 10.6 Å². The Balaban J connectivity index is 3.15. The third-order valence-electron chi connectivity index (χ3n) is 1.42. The Bertz CT molecular complexity index is 280. The molecule has 11 heavy (non-hydrogen) atoms. The first kappa shape index (κ1) is 8.56. The summed E-state index contributed by atoms with van der Waals surface area (Å²) in [6.45, 7) is 1.99. The van der Waals surface area contributed by atoms with Gasteiger partial charge in [-0.1, -0.05) is 11.6 Å². The van der Waals surface area contributed by atoms with Gasteiger partial charge in [-0.05, 0) is 17.9 Å². The van der Waals surface area contributed by atoms with Gasteiger partial charge in [0.2, 0.25) is 0 Å². The van der Waals surface area contributed by atoms with Gasteiger partial charge >= 0.3 is 0 Å². The highest BCUT2D eigenvalue weighted by atomic mass is 35.5. The fraction of sp³-hybridized carbons (Fsp3) is 0.286. The van der Waals surface area contributed by atoms with Gasteiger partial charge in [0.1, 0.15) is 5.17 Å². The van der Waals surface area contributed by atoms with Crippen LogP contribution < -0.4 is 5.32 Å². The molecule has 1 rings (SSSR count). The lowest BCUT2D eigenvalue weighted by Crippen LogP contribution is -1.94. The summed E-state index contributed by atoms with van der Waals surface area (Å²) in [6.07, 6.45) is 0. The van der Waals surface area contributed by atoms with Gasteiger partial charge < -0.3 is 5.32 Å². The maximum Gasteiger partial charge on any atom is 0.140 e. The molecule has 0 saturated heterocycles. The fourth-order valence-corrected chi connectivity index (χ4v) is 2.04. The maximum absolute atomic E-state index is 7.23. The van der Waals surface area contributed by atoms with Crippen LogP contribution in [0.1, 0.15) is 10.4 Å². The monoisotopic (exact) mass is 188 g/mol. The van der Waals surface area contributed by atoms with Crippen molar-refractivity contribution < 1.29 is 0 Å². The van der Waals surface area contributed by atoms with Gasteiger partial charge in [-0.15, -0.1) is 11.3 Å². The molecule has 0 aliphatic rings. The van der Waals surface area contributed by atoms with Crippen molar-refractivity contribution >= 4 is 33.8 Å². The summed E-state index contributed by atoms with van der Waals surface area (Å²) >= 11 is 7.04. The molecule has 0 radical (unpaired) electrons. The molecule has 0 atom stereocenters. The van der Waals surface area contributed by atoms with Crippen molar-refractivity contribution in [1.82, 2.24) is 0 Å². The van der Waals surface area contributed by atoms with Crippen LogP contribution in [0.15, 0.2) is 5.38 Å². The summed E-state index contributed by atoms with van der Waals surface area (Å²) in [5, 5.41) is 12.3. The first-order valence-corrected chi connectivity index (χ1v) is 4.43. The van der Waals surface area contributed by atoms with Crippen LogP contribution in [0.25, 0.3) is 0 Å². The van der Waals surface area contributed by atoms with E-state index in [2.05, 4.69) is 5.32 Å². The molecule has 1 aromatic rings. The molecule has 0 fully saturated rings. The van der Waals surface area contributed by atoms with E-state index in [1.165, 1.54) is 11.3 Å². The van der Waals surface area contributed by atoms with Crippen molar-refractivity contribution in [2.24, 2.45) is 0 Å². The van der Waals surface area contributed by atoms with Gasteiger partial charge in [0.25, 0.3) is 0 Å². The first-order chi connectivity index (χ1) is 5.16. The van der Waals surface area contributed by atoms with E-state index >= 15 is 0 Å². The summed E-state index contributed by atoms with van der Waals surface area (Å²) in [5.41, 5.74) is 2.10. The van der Waals surface area contributed by atoms with Crippen molar-refractivity contribution in [1.29, 1.82) is 5.41 Å². The molecule has 0 aliphatic carbocycles. The van der Waals surface area contributed by atoms with Gasteiger partial charge in [0, 0.05) is 7.05 Å². The van der Waals surface area contributed by atoms with Crippen LogP contribution in [0.5, 0.6) is 0 Å². The zero-order valence-corrected chi connectivity index (χ0v) is 7.94. The van der Waals surface area contributed by atoms with E-state index in [9.17, 15) is 0 Å². The summed E-state index contributed by atoms with van der Waals surface area (Å²) < 4.78 is 0. The lowest BCUT2D eigenvalue weighted by atomic mass is 10.3. The average Bonchev–Trinajstić information content (AvgIpc) is 2.30. The minimum absolute atomic E-state index is 0.104. The van der Waals surface area contributed by atoms with Gasteiger partial charge in [-0.25, -0.2) is 0 Å². The van der Waals surface area contributed by atoms with Crippen LogP contribution in [-0.2, 0) is 0 Å². The molecule has 0 spiro atoms.